The number of carboxylic acid groups (broad SMARTS) is 1. The molecule has 3 aromatic rings. The van der Waals surface area contributed by atoms with Gasteiger partial charge in [-0.05, 0) is 68.0 Å². The summed E-state index contributed by atoms with van der Waals surface area (Å²) in [7, 11) is 0. The van der Waals surface area contributed by atoms with Gasteiger partial charge >= 0.3 is 5.97 Å². The van der Waals surface area contributed by atoms with Crippen LogP contribution in [0.15, 0.2) is 42.5 Å². The Labute approximate surface area is 194 Å². The smallest absolute Gasteiger partial charge is 0.335 e. The molecule has 0 spiro atoms. The summed E-state index contributed by atoms with van der Waals surface area (Å²) in [6.45, 7) is 3.95. The maximum atomic E-state index is 13.7. The highest BCUT2D eigenvalue weighted by Crippen LogP contribution is 2.34. The molecular formula is C25H22FN3O5. The second-order valence-electron chi connectivity index (χ2n) is 7.80. The first kappa shape index (κ1) is 22.8. The molecule has 0 bridgehead atoms. The topological polar surface area (TPSA) is 121 Å². The van der Waals surface area contributed by atoms with Crippen LogP contribution < -0.4 is 15.4 Å². The van der Waals surface area contributed by atoms with E-state index >= 15 is 0 Å². The summed E-state index contributed by atoms with van der Waals surface area (Å²) in [5.74, 6) is -1.61. The number of carboxylic acids is 1. The minimum Gasteiger partial charge on any atom is -0.492 e. The lowest BCUT2D eigenvalue weighted by molar-refractivity contribution is -0.110. The number of H-pyrrole nitrogens is 1. The van der Waals surface area contributed by atoms with Crippen LogP contribution in [0, 0.1) is 19.7 Å². The van der Waals surface area contributed by atoms with E-state index in [0.29, 0.717) is 45.1 Å². The molecule has 1 aliphatic heterocycles. The lowest BCUT2D eigenvalue weighted by Crippen LogP contribution is -2.28. The number of hydrogen-bond donors (Lipinski definition) is 4. The summed E-state index contributed by atoms with van der Waals surface area (Å²) < 4.78 is 19.2. The number of anilines is 1. The Kier molecular flexibility index (Phi) is 6.18. The number of benzene rings is 2. The van der Waals surface area contributed by atoms with E-state index in [9.17, 15) is 18.8 Å². The van der Waals surface area contributed by atoms with Crippen LogP contribution in [0.4, 0.5) is 10.1 Å². The van der Waals surface area contributed by atoms with Gasteiger partial charge in [0.05, 0.1) is 23.2 Å². The van der Waals surface area contributed by atoms with Crippen molar-refractivity contribution < 1.29 is 28.6 Å². The third kappa shape index (κ3) is 4.54. The molecule has 1 aliphatic rings. The van der Waals surface area contributed by atoms with E-state index in [-0.39, 0.29) is 30.5 Å². The molecule has 0 saturated heterocycles. The number of aryl methyl sites for hydroxylation is 1. The fourth-order valence-electron chi connectivity index (χ4n) is 3.82. The molecule has 0 saturated carbocycles. The van der Waals surface area contributed by atoms with E-state index in [2.05, 4.69) is 15.6 Å². The Morgan fingerprint density at radius 2 is 1.88 bits per heavy atom. The van der Waals surface area contributed by atoms with Crippen molar-refractivity contribution in [1.82, 2.24) is 10.3 Å². The molecule has 0 atom stereocenters. The monoisotopic (exact) mass is 463 g/mol. The highest BCUT2D eigenvalue weighted by atomic mass is 19.1. The van der Waals surface area contributed by atoms with Crippen molar-refractivity contribution in [1.29, 1.82) is 0 Å². The second kappa shape index (κ2) is 9.22. The third-order valence-electron chi connectivity index (χ3n) is 5.51. The number of aromatic amines is 1. The molecule has 0 aliphatic carbocycles. The Hall–Kier alpha value is -4.40. The largest absolute Gasteiger partial charge is 0.492 e. The molecule has 8 nitrogen and oxygen atoms in total. The van der Waals surface area contributed by atoms with Crippen molar-refractivity contribution in [2.75, 3.05) is 18.5 Å². The summed E-state index contributed by atoms with van der Waals surface area (Å²) in [6.07, 6.45) is 1.61. The Bertz CT molecular complexity index is 1330. The lowest BCUT2D eigenvalue weighted by atomic mass is 10.0. The maximum absolute atomic E-state index is 13.7. The average molecular weight is 463 g/mol. The molecular weight excluding hydrogens is 441 g/mol. The summed E-state index contributed by atoms with van der Waals surface area (Å²) in [5.41, 5.74) is 3.80. The van der Waals surface area contributed by atoms with Crippen LogP contribution in [0.25, 0.3) is 11.6 Å². The molecule has 4 N–H and O–H groups in total. The Balaban J connectivity index is 1.43. The number of aromatic nitrogens is 1. The number of fused-ring (bicyclic) bond motifs is 1. The summed E-state index contributed by atoms with van der Waals surface area (Å²) in [5, 5.41) is 14.4. The van der Waals surface area contributed by atoms with Crippen LogP contribution in [0.3, 0.4) is 0 Å². The van der Waals surface area contributed by atoms with Gasteiger partial charge in [-0.2, -0.15) is 0 Å². The summed E-state index contributed by atoms with van der Waals surface area (Å²) in [4.78, 5) is 39.2. The molecule has 1 aromatic heterocycles. The van der Waals surface area contributed by atoms with Gasteiger partial charge in [0.1, 0.15) is 18.2 Å². The van der Waals surface area contributed by atoms with Crippen molar-refractivity contribution >= 4 is 35.1 Å². The minimum absolute atomic E-state index is 0.161. The fourth-order valence-corrected chi connectivity index (χ4v) is 3.82. The maximum Gasteiger partial charge on any atom is 0.335 e. The quantitative estimate of drug-likeness (QED) is 0.314. The van der Waals surface area contributed by atoms with Crippen molar-refractivity contribution in [2.45, 2.75) is 13.8 Å². The third-order valence-corrected chi connectivity index (χ3v) is 5.51. The Morgan fingerprint density at radius 3 is 2.59 bits per heavy atom. The van der Waals surface area contributed by atoms with Gasteiger partial charge < -0.3 is 25.5 Å². The van der Waals surface area contributed by atoms with Gasteiger partial charge in [0.15, 0.2) is 0 Å². The number of carbonyl (C=O) groups excluding carboxylic acids is 2. The van der Waals surface area contributed by atoms with E-state index in [1.807, 2.05) is 0 Å². The molecule has 2 amide bonds. The van der Waals surface area contributed by atoms with Gasteiger partial charge in [0, 0.05) is 22.6 Å². The molecule has 0 unspecified atom stereocenters. The first-order valence-corrected chi connectivity index (χ1v) is 10.5. The van der Waals surface area contributed by atoms with Crippen LogP contribution in [-0.4, -0.2) is 41.0 Å². The number of nitrogens with one attached hydrogen (secondary N) is 3. The van der Waals surface area contributed by atoms with E-state index < -0.39 is 11.8 Å². The van der Waals surface area contributed by atoms with E-state index in [1.54, 1.807) is 32.1 Å². The second-order valence-corrected chi connectivity index (χ2v) is 7.80. The predicted molar refractivity (Wildman–Crippen MR) is 124 cm³/mol. The van der Waals surface area contributed by atoms with Gasteiger partial charge in [-0.3, -0.25) is 9.59 Å². The van der Waals surface area contributed by atoms with Crippen molar-refractivity contribution in [3.8, 4) is 5.75 Å². The Morgan fingerprint density at radius 1 is 1.15 bits per heavy atom. The molecule has 174 valence electrons. The average Bonchev–Trinajstić information content (AvgIpc) is 3.26. The van der Waals surface area contributed by atoms with Gasteiger partial charge in [0.25, 0.3) is 11.8 Å². The molecule has 2 aromatic carbocycles. The number of carbonyl (C=O) groups is 3. The summed E-state index contributed by atoms with van der Waals surface area (Å²) >= 11 is 0. The number of hydrogen-bond acceptors (Lipinski definition) is 4. The molecule has 9 heteroatoms. The summed E-state index contributed by atoms with van der Waals surface area (Å²) in [6, 6.07) is 10.1. The van der Waals surface area contributed by atoms with Crippen molar-refractivity contribution in [3.63, 3.8) is 0 Å². The van der Waals surface area contributed by atoms with Crippen LogP contribution in [-0.2, 0) is 4.79 Å². The molecule has 34 heavy (non-hydrogen) atoms. The number of aromatic carboxylic acids is 1. The van der Waals surface area contributed by atoms with E-state index in [0.717, 1.165) is 0 Å². The zero-order valence-electron chi connectivity index (χ0n) is 18.5. The number of halogens is 1. The lowest BCUT2D eigenvalue weighted by Gasteiger charge is -2.08. The normalized spacial score (nSPS) is 13.5. The predicted octanol–water partition coefficient (Wildman–Crippen LogP) is 3.77. The number of amides is 2. The first-order chi connectivity index (χ1) is 16.2. The van der Waals surface area contributed by atoms with Gasteiger partial charge in [-0.15, -0.1) is 0 Å². The van der Waals surface area contributed by atoms with E-state index in [1.165, 1.54) is 30.3 Å². The molecule has 4 rings (SSSR count). The van der Waals surface area contributed by atoms with Crippen LogP contribution in [0.5, 0.6) is 5.75 Å². The van der Waals surface area contributed by atoms with Crippen molar-refractivity contribution in [2.24, 2.45) is 0 Å². The molecule has 2 heterocycles. The van der Waals surface area contributed by atoms with Gasteiger partial charge in [-0.25, -0.2) is 9.18 Å². The van der Waals surface area contributed by atoms with Crippen molar-refractivity contribution in [3.05, 3.63) is 81.9 Å². The first-order valence-electron chi connectivity index (χ1n) is 10.5. The molecule has 0 radical (unpaired) electrons. The zero-order chi connectivity index (χ0) is 24.4. The van der Waals surface area contributed by atoms with Gasteiger partial charge in [0.2, 0.25) is 0 Å². The SMILES string of the molecule is Cc1[nH]c(/C=C2\C(=O)Nc3ccc(F)cc32)c(C)c1C(=O)NCCOc1ccc(C(=O)O)cc1. The standard InChI is InChI=1S/C25H22FN3O5/c1-13-21(12-19-18-11-16(26)5-8-20(18)29-23(19)30)28-14(2)22(13)24(31)27-9-10-34-17-6-3-15(4-7-17)25(32)33/h3-8,11-12,28H,9-10H2,1-2H3,(H,27,31)(H,29,30)(H,32,33)/b19-12-. The molecule has 0 fully saturated rings. The fraction of sp³-hybridized carbons (Fsp3) is 0.160. The van der Waals surface area contributed by atoms with Crippen LogP contribution in [0.2, 0.25) is 0 Å². The highest BCUT2D eigenvalue weighted by molar-refractivity contribution is 6.34. The minimum atomic E-state index is -1.02. The van der Waals surface area contributed by atoms with E-state index in [4.69, 9.17) is 9.84 Å². The van der Waals surface area contributed by atoms with Gasteiger partial charge in [-0.1, -0.05) is 0 Å². The van der Waals surface area contributed by atoms with Crippen LogP contribution >= 0.6 is 0 Å². The number of rotatable bonds is 7. The zero-order valence-corrected chi connectivity index (χ0v) is 18.5. The highest BCUT2D eigenvalue weighted by Gasteiger charge is 2.26. The number of ether oxygens (including phenoxy) is 1. The van der Waals surface area contributed by atoms with Crippen LogP contribution in [0.1, 0.15) is 43.2 Å².